The Morgan fingerprint density at radius 1 is 1.17 bits per heavy atom. The highest BCUT2D eigenvalue weighted by atomic mass is 16.5. The average Bonchev–Trinajstić information content (AvgIpc) is 2.73. The molecule has 3 aromatic rings. The number of fused-ring (bicyclic) bond motifs is 2. The molecule has 5 nitrogen and oxygen atoms in total. The molecule has 0 spiro atoms. The fourth-order valence-corrected chi connectivity index (χ4v) is 4.12. The summed E-state index contributed by atoms with van der Waals surface area (Å²) in [6.07, 6.45) is 3.04. The van der Waals surface area contributed by atoms with Crippen LogP contribution in [0.3, 0.4) is 0 Å². The van der Waals surface area contributed by atoms with Crippen molar-refractivity contribution in [3.8, 4) is 11.5 Å². The van der Waals surface area contributed by atoms with Gasteiger partial charge in [0.2, 0.25) is 6.73 Å². The van der Waals surface area contributed by atoms with Gasteiger partial charge in [-0.2, -0.15) is 0 Å². The van der Waals surface area contributed by atoms with Crippen molar-refractivity contribution in [2.45, 2.75) is 46.2 Å². The molecule has 0 saturated heterocycles. The molecule has 4 rings (SSSR count). The molecule has 0 fully saturated rings. The summed E-state index contributed by atoms with van der Waals surface area (Å²) >= 11 is 0. The second kappa shape index (κ2) is 8.29. The lowest BCUT2D eigenvalue weighted by atomic mass is 9.98. The van der Waals surface area contributed by atoms with E-state index >= 15 is 0 Å². The molecular formula is C24H28NO4+. The van der Waals surface area contributed by atoms with Crippen LogP contribution >= 0.6 is 0 Å². The second-order valence-electron chi connectivity index (χ2n) is 7.80. The van der Waals surface area contributed by atoms with E-state index in [2.05, 4.69) is 25.1 Å². The largest absolute Gasteiger partial charge is 0.497 e. The zero-order valence-electron chi connectivity index (χ0n) is 17.3. The Morgan fingerprint density at radius 3 is 2.69 bits per heavy atom. The summed E-state index contributed by atoms with van der Waals surface area (Å²) in [6, 6.07) is 12.0. The van der Waals surface area contributed by atoms with E-state index in [1.54, 1.807) is 13.2 Å². The lowest BCUT2D eigenvalue weighted by molar-refractivity contribution is -0.945. The smallest absolute Gasteiger partial charge is 0.336 e. The van der Waals surface area contributed by atoms with Gasteiger partial charge in [-0.15, -0.1) is 0 Å². The van der Waals surface area contributed by atoms with Gasteiger partial charge in [-0.05, 0) is 55.7 Å². The standard InChI is InChI=1S/C24H27NO4/c1-4-5-6-18-12-22(26)29-24-16(2)23-19(11-21(18)24)14-25(15-28-23)13-17-7-9-20(27-3)10-8-17/h7-12H,4-6,13-15H2,1-3H3/p+1. The number of hydrogen-bond acceptors (Lipinski definition) is 4. The molecule has 152 valence electrons. The van der Waals surface area contributed by atoms with Crippen LogP contribution in [0.2, 0.25) is 0 Å². The normalized spacial score (nSPS) is 15.8. The number of rotatable bonds is 6. The fraction of sp³-hybridized carbons (Fsp3) is 0.375. The van der Waals surface area contributed by atoms with Crippen molar-refractivity contribution in [1.82, 2.24) is 0 Å². The van der Waals surface area contributed by atoms with Crippen LogP contribution in [-0.4, -0.2) is 13.8 Å². The molecule has 2 heterocycles. The van der Waals surface area contributed by atoms with E-state index in [1.807, 2.05) is 19.1 Å². The molecule has 0 aliphatic carbocycles. The number of unbranched alkanes of at least 4 members (excludes halogenated alkanes) is 1. The minimum absolute atomic E-state index is 0.283. The fourth-order valence-electron chi connectivity index (χ4n) is 4.12. The minimum atomic E-state index is -0.283. The van der Waals surface area contributed by atoms with Crippen molar-refractivity contribution in [1.29, 1.82) is 0 Å². The van der Waals surface area contributed by atoms with Gasteiger partial charge in [0.1, 0.15) is 30.2 Å². The molecule has 1 atom stereocenters. The molecule has 2 aromatic carbocycles. The number of quaternary nitrogens is 1. The van der Waals surface area contributed by atoms with Crippen LogP contribution in [0, 0.1) is 6.92 Å². The third-order valence-corrected chi connectivity index (χ3v) is 5.65. The molecule has 0 radical (unpaired) electrons. The van der Waals surface area contributed by atoms with E-state index in [1.165, 1.54) is 16.0 Å². The quantitative estimate of drug-likeness (QED) is 0.651. The first-order valence-electron chi connectivity index (χ1n) is 10.3. The van der Waals surface area contributed by atoms with Gasteiger partial charge in [-0.3, -0.25) is 4.90 Å². The van der Waals surface area contributed by atoms with Gasteiger partial charge in [-0.1, -0.05) is 13.3 Å². The summed E-state index contributed by atoms with van der Waals surface area (Å²) in [4.78, 5) is 13.4. The van der Waals surface area contributed by atoms with Gasteiger partial charge < -0.3 is 13.9 Å². The Kier molecular flexibility index (Phi) is 5.58. The molecule has 1 unspecified atom stereocenters. The van der Waals surface area contributed by atoms with E-state index in [9.17, 15) is 4.79 Å². The molecule has 0 amide bonds. The van der Waals surface area contributed by atoms with Crippen LogP contribution in [0.15, 0.2) is 45.6 Å². The first-order chi connectivity index (χ1) is 14.1. The van der Waals surface area contributed by atoms with E-state index < -0.39 is 0 Å². The molecule has 1 aliphatic rings. The van der Waals surface area contributed by atoms with Crippen molar-refractivity contribution in [3.05, 3.63) is 69.1 Å². The number of hydrogen-bond donors (Lipinski definition) is 1. The van der Waals surface area contributed by atoms with Gasteiger partial charge >= 0.3 is 5.63 Å². The zero-order valence-corrected chi connectivity index (χ0v) is 17.3. The van der Waals surface area contributed by atoms with Gasteiger partial charge in [0.15, 0.2) is 0 Å². The number of nitrogens with one attached hydrogen (secondary N) is 1. The summed E-state index contributed by atoms with van der Waals surface area (Å²) in [5, 5.41) is 1.04. The Labute approximate surface area is 170 Å². The molecule has 0 bridgehead atoms. The van der Waals surface area contributed by atoms with Crippen molar-refractivity contribution < 1.29 is 18.8 Å². The van der Waals surface area contributed by atoms with Crippen LogP contribution in [0.1, 0.15) is 42.0 Å². The summed E-state index contributed by atoms with van der Waals surface area (Å²) in [5.41, 5.74) is 4.81. The zero-order chi connectivity index (χ0) is 20.4. The van der Waals surface area contributed by atoms with E-state index in [0.717, 1.165) is 60.4 Å². The Balaban J connectivity index is 1.65. The summed E-state index contributed by atoms with van der Waals surface area (Å²) in [7, 11) is 1.68. The van der Waals surface area contributed by atoms with Gasteiger partial charge in [0, 0.05) is 28.1 Å². The Morgan fingerprint density at radius 2 is 1.97 bits per heavy atom. The van der Waals surface area contributed by atoms with Crippen molar-refractivity contribution >= 4 is 11.0 Å². The third kappa shape index (κ3) is 4.01. The van der Waals surface area contributed by atoms with E-state index in [4.69, 9.17) is 13.9 Å². The first kappa shape index (κ1) is 19.5. The van der Waals surface area contributed by atoms with E-state index in [-0.39, 0.29) is 5.63 Å². The highest BCUT2D eigenvalue weighted by Gasteiger charge is 2.25. The Bertz CT molecular complexity index is 1070. The van der Waals surface area contributed by atoms with Gasteiger partial charge in [0.25, 0.3) is 0 Å². The predicted molar refractivity (Wildman–Crippen MR) is 113 cm³/mol. The summed E-state index contributed by atoms with van der Waals surface area (Å²) < 4.78 is 16.9. The molecule has 5 heteroatoms. The maximum atomic E-state index is 12.1. The molecule has 1 aromatic heterocycles. The third-order valence-electron chi connectivity index (χ3n) is 5.65. The topological polar surface area (TPSA) is 53.1 Å². The van der Waals surface area contributed by atoms with Crippen LogP contribution < -0.4 is 20.0 Å². The van der Waals surface area contributed by atoms with Crippen molar-refractivity contribution in [3.63, 3.8) is 0 Å². The maximum absolute atomic E-state index is 12.1. The monoisotopic (exact) mass is 394 g/mol. The van der Waals surface area contributed by atoms with Crippen molar-refractivity contribution in [2.24, 2.45) is 0 Å². The van der Waals surface area contributed by atoms with Gasteiger partial charge in [0.05, 0.1) is 7.11 Å². The second-order valence-corrected chi connectivity index (χ2v) is 7.80. The number of ether oxygens (including phenoxy) is 2. The molecular weight excluding hydrogens is 366 g/mol. The molecule has 1 N–H and O–H groups in total. The number of aryl methyl sites for hydroxylation is 2. The highest BCUT2D eigenvalue weighted by molar-refractivity contribution is 5.86. The minimum Gasteiger partial charge on any atom is -0.497 e. The lowest BCUT2D eigenvalue weighted by Gasteiger charge is -2.28. The average molecular weight is 394 g/mol. The molecule has 29 heavy (non-hydrogen) atoms. The first-order valence-corrected chi connectivity index (χ1v) is 10.3. The predicted octanol–water partition coefficient (Wildman–Crippen LogP) is 3.39. The number of methoxy groups -OCH3 is 1. The maximum Gasteiger partial charge on any atom is 0.336 e. The van der Waals surface area contributed by atoms with E-state index in [0.29, 0.717) is 12.3 Å². The lowest BCUT2D eigenvalue weighted by Crippen LogP contribution is -3.10. The van der Waals surface area contributed by atoms with Crippen molar-refractivity contribution in [2.75, 3.05) is 13.8 Å². The van der Waals surface area contributed by atoms with Crippen LogP contribution in [0.4, 0.5) is 0 Å². The summed E-state index contributed by atoms with van der Waals surface area (Å²) in [5.74, 6) is 1.74. The SMILES string of the molecule is CCCCc1cc(=O)oc2c(C)c3c(cc12)C[NH+](Cc1ccc(OC)cc1)CO3. The van der Waals surface area contributed by atoms with Crippen LogP contribution in [0.25, 0.3) is 11.0 Å². The Hall–Kier alpha value is -2.79. The molecule has 1 aliphatic heterocycles. The number of benzene rings is 2. The van der Waals surface area contributed by atoms with Crippen LogP contribution in [-0.2, 0) is 19.5 Å². The summed E-state index contributed by atoms with van der Waals surface area (Å²) in [6.45, 7) is 6.50. The molecule has 0 saturated carbocycles. The van der Waals surface area contributed by atoms with Gasteiger partial charge in [-0.25, -0.2) is 4.79 Å². The van der Waals surface area contributed by atoms with Crippen LogP contribution in [0.5, 0.6) is 11.5 Å². The highest BCUT2D eigenvalue weighted by Crippen LogP contribution is 2.33.